The van der Waals surface area contributed by atoms with Gasteiger partial charge in [0, 0.05) is 16.8 Å². The van der Waals surface area contributed by atoms with E-state index in [1.165, 1.54) is 18.4 Å². The van der Waals surface area contributed by atoms with Crippen molar-refractivity contribution in [2.75, 3.05) is 5.32 Å². The topological polar surface area (TPSA) is 37.0 Å². The summed E-state index contributed by atoms with van der Waals surface area (Å²) in [6, 6.07) is 12.1. The van der Waals surface area contributed by atoms with E-state index in [1.807, 2.05) is 37.3 Å². The highest BCUT2D eigenvalue weighted by Gasteiger charge is 2.34. The quantitative estimate of drug-likeness (QED) is 0.699. The van der Waals surface area contributed by atoms with Crippen LogP contribution in [0.2, 0.25) is 5.02 Å². The summed E-state index contributed by atoms with van der Waals surface area (Å²) in [4.78, 5) is 4.33. The van der Waals surface area contributed by atoms with Crippen LogP contribution in [0, 0.1) is 6.92 Å². The number of rotatable bonds is 5. The number of halogens is 1. The molecule has 1 aliphatic rings. The van der Waals surface area contributed by atoms with Gasteiger partial charge in [-0.05, 0) is 74.2 Å². The molecule has 0 aliphatic heterocycles. The van der Waals surface area contributed by atoms with E-state index in [0.717, 1.165) is 42.1 Å². The minimum Gasteiger partial charge on any atom is -0.357 e. The Balaban J connectivity index is 1.64. The molecule has 0 saturated heterocycles. The molecule has 0 spiro atoms. The SMILES string of the molecule is Cc1ccnc(NC(=S)NC2(CCc3ccccc3Cl)CCCC2)c1. The number of aromatic nitrogens is 1. The molecule has 3 rings (SSSR count). The fourth-order valence-corrected chi connectivity index (χ4v) is 4.11. The normalized spacial score (nSPS) is 15.8. The second-order valence-corrected chi connectivity index (χ2v) is 7.69. The van der Waals surface area contributed by atoms with Gasteiger partial charge in [0.2, 0.25) is 0 Å². The fourth-order valence-electron chi connectivity index (χ4n) is 3.56. The number of nitrogens with one attached hydrogen (secondary N) is 2. The summed E-state index contributed by atoms with van der Waals surface area (Å²) in [5, 5.41) is 8.31. The molecule has 0 unspecified atom stereocenters. The molecule has 5 heteroatoms. The summed E-state index contributed by atoms with van der Waals surface area (Å²) in [6.45, 7) is 2.05. The highest BCUT2D eigenvalue weighted by Crippen LogP contribution is 2.34. The summed E-state index contributed by atoms with van der Waals surface area (Å²) < 4.78 is 0. The van der Waals surface area contributed by atoms with Crippen molar-refractivity contribution in [2.24, 2.45) is 0 Å². The van der Waals surface area contributed by atoms with Gasteiger partial charge in [-0.15, -0.1) is 0 Å². The molecule has 1 fully saturated rings. The summed E-state index contributed by atoms with van der Waals surface area (Å²) in [6.07, 6.45) is 8.53. The lowest BCUT2D eigenvalue weighted by atomic mass is 9.89. The first-order valence-corrected chi connectivity index (χ1v) is 9.60. The molecule has 132 valence electrons. The van der Waals surface area contributed by atoms with Crippen LogP contribution in [0.15, 0.2) is 42.6 Å². The van der Waals surface area contributed by atoms with Crippen LogP contribution in [-0.2, 0) is 6.42 Å². The maximum Gasteiger partial charge on any atom is 0.172 e. The Morgan fingerprint density at radius 1 is 1.24 bits per heavy atom. The third-order valence-corrected chi connectivity index (χ3v) is 5.50. The number of aryl methyl sites for hydroxylation is 2. The van der Waals surface area contributed by atoms with Crippen LogP contribution in [0.5, 0.6) is 0 Å². The summed E-state index contributed by atoms with van der Waals surface area (Å²) in [7, 11) is 0. The van der Waals surface area contributed by atoms with Crippen molar-refractivity contribution in [1.82, 2.24) is 10.3 Å². The zero-order valence-electron chi connectivity index (χ0n) is 14.5. The minimum absolute atomic E-state index is 0.0487. The van der Waals surface area contributed by atoms with Gasteiger partial charge in [-0.1, -0.05) is 42.6 Å². The predicted molar refractivity (Wildman–Crippen MR) is 109 cm³/mol. The molecule has 0 radical (unpaired) electrons. The number of pyridine rings is 1. The lowest BCUT2D eigenvalue weighted by molar-refractivity contribution is 0.362. The lowest BCUT2D eigenvalue weighted by Crippen LogP contribution is -2.48. The number of benzene rings is 1. The van der Waals surface area contributed by atoms with Crippen LogP contribution >= 0.6 is 23.8 Å². The molecular weight excluding hydrogens is 350 g/mol. The minimum atomic E-state index is 0.0487. The predicted octanol–water partition coefficient (Wildman–Crippen LogP) is 5.28. The van der Waals surface area contributed by atoms with Gasteiger partial charge in [0.05, 0.1) is 0 Å². The Morgan fingerprint density at radius 3 is 2.72 bits per heavy atom. The number of thiocarbonyl (C=S) groups is 1. The van der Waals surface area contributed by atoms with Crippen molar-refractivity contribution in [3.05, 3.63) is 58.7 Å². The van der Waals surface area contributed by atoms with Crippen LogP contribution in [0.3, 0.4) is 0 Å². The maximum atomic E-state index is 6.32. The molecule has 1 aromatic carbocycles. The van der Waals surface area contributed by atoms with E-state index >= 15 is 0 Å². The molecule has 1 aromatic heterocycles. The van der Waals surface area contributed by atoms with Crippen molar-refractivity contribution in [3.63, 3.8) is 0 Å². The zero-order valence-corrected chi connectivity index (χ0v) is 16.1. The van der Waals surface area contributed by atoms with Gasteiger partial charge >= 0.3 is 0 Å². The molecule has 0 amide bonds. The van der Waals surface area contributed by atoms with E-state index in [-0.39, 0.29) is 5.54 Å². The second kappa shape index (κ2) is 8.15. The molecule has 1 saturated carbocycles. The Hall–Kier alpha value is -1.65. The van der Waals surface area contributed by atoms with Gasteiger partial charge < -0.3 is 10.6 Å². The Bertz CT molecular complexity index is 741. The van der Waals surface area contributed by atoms with Gasteiger partial charge in [0.25, 0.3) is 0 Å². The first-order valence-electron chi connectivity index (χ1n) is 8.82. The van der Waals surface area contributed by atoms with E-state index < -0.39 is 0 Å². The standard InChI is InChI=1S/C20H24ClN3S/c1-15-9-13-22-18(14-15)23-19(25)24-20(10-4-5-11-20)12-8-16-6-2-3-7-17(16)21/h2-3,6-7,9,13-14H,4-5,8,10-12H2,1H3,(H2,22,23,24,25). The van der Waals surface area contributed by atoms with Crippen LogP contribution in [0.25, 0.3) is 0 Å². The molecule has 25 heavy (non-hydrogen) atoms. The van der Waals surface area contributed by atoms with E-state index in [1.54, 1.807) is 6.20 Å². The lowest BCUT2D eigenvalue weighted by Gasteiger charge is -2.32. The number of anilines is 1. The van der Waals surface area contributed by atoms with Gasteiger partial charge in [-0.25, -0.2) is 4.98 Å². The molecule has 0 bridgehead atoms. The monoisotopic (exact) mass is 373 g/mol. The van der Waals surface area contributed by atoms with Crippen molar-refractivity contribution < 1.29 is 0 Å². The largest absolute Gasteiger partial charge is 0.357 e. The highest BCUT2D eigenvalue weighted by atomic mass is 35.5. The molecule has 0 atom stereocenters. The van der Waals surface area contributed by atoms with Crippen molar-refractivity contribution >= 4 is 34.7 Å². The van der Waals surface area contributed by atoms with E-state index in [4.69, 9.17) is 23.8 Å². The summed E-state index contributed by atoms with van der Waals surface area (Å²) >= 11 is 11.9. The van der Waals surface area contributed by atoms with E-state index in [9.17, 15) is 0 Å². The van der Waals surface area contributed by atoms with Gasteiger partial charge in [-0.2, -0.15) is 0 Å². The molecular formula is C20H24ClN3S. The zero-order chi connectivity index (χ0) is 17.7. The first-order chi connectivity index (χ1) is 12.1. The number of hydrogen-bond acceptors (Lipinski definition) is 2. The van der Waals surface area contributed by atoms with Crippen molar-refractivity contribution in [1.29, 1.82) is 0 Å². The molecule has 1 heterocycles. The third kappa shape index (κ3) is 4.93. The van der Waals surface area contributed by atoms with Crippen LogP contribution in [0.1, 0.15) is 43.2 Å². The Kier molecular flexibility index (Phi) is 5.92. The smallest absolute Gasteiger partial charge is 0.172 e. The number of hydrogen-bond donors (Lipinski definition) is 2. The van der Waals surface area contributed by atoms with Gasteiger partial charge in [0.1, 0.15) is 5.82 Å². The average molecular weight is 374 g/mol. The highest BCUT2D eigenvalue weighted by molar-refractivity contribution is 7.80. The van der Waals surface area contributed by atoms with Crippen LogP contribution < -0.4 is 10.6 Å². The van der Waals surface area contributed by atoms with Crippen molar-refractivity contribution in [2.45, 2.75) is 51.0 Å². The Labute approximate surface area is 160 Å². The van der Waals surface area contributed by atoms with Gasteiger partial charge in [-0.3, -0.25) is 0 Å². The fraction of sp³-hybridized carbons (Fsp3) is 0.400. The molecule has 1 aliphatic carbocycles. The maximum absolute atomic E-state index is 6.32. The van der Waals surface area contributed by atoms with Crippen molar-refractivity contribution in [3.8, 4) is 0 Å². The summed E-state index contributed by atoms with van der Waals surface area (Å²) in [5.41, 5.74) is 2.42. The second-order valence-electron chi connectivity index (χ2n) is 6.88. The van der Waals surface area contributed by atoms with E-state index in [2.05, 4.69) is 21.7 Å². The van der Waals surface area contributed by atoms with Crippen LogP contribution in [0.4, 0.5) is 5.82 Å². The Morgan fingerprint density at radius 2 is 2.00 bits per heavy atom. The molecule has 2 N–H and O–H groups in total. The van der Waals surface area contributed by atoms with E-state index in [0.29, 0.717) is 5.11 Å². The van der Waals surface area contributed by atoms with Gasteiger partial charge in [0.15, 0.2) is 5.11 Å². The molecule has 3 nitrogen and oxygen atoms in total. The molecule has 2 aromatic rings. The third-order valence-electron chi connectivity index (χ3n) is 4.93. The summed E-state index contributed by atoms with van der Waals surface area (Å²) in [5.74, 6) is 0.789. The van der Waals surface area contributed by atoms with Crippen LogP contribution in [-0.4, -0.2) is 15.6 Å². The average Bonchev–Trinajstić information content (AvgIpc) is 3.02. The first kappa shape index (κ1) is 18.2. The number of nitrogens with zero attached hydrogens (tertiary/aromatic N) is 1.